The number of aromatic nitrogens is 2. The molecule has 0 radical (unpaired) electrons. The van der Waals surface area contributed by atoms with Crippen molar-refractivity contribution in [2.45, 2.75) is 32.5 Å². The van der Waals surface area contributed by atoms with Crippen molar-refractivity contribution < 1.29 is 9.53 Å². The summed E-state index contributed by atoms with van der Waals surface area (Å²) in [6.45, 7) is 8.03. The lowest BCUT2D eigenvalue weighted by molar-refractivity contribution is -0.0678. The van der Waals surface area contributed by atoms with Gasteiger partial charge in [0.15, 0.2) is 5.69 Å². The Kier molecular flexibility index (Phi) is 6.73. The molecule has 2 aromatic rings. The van der Waals surface area contributed by atoms with Crippen molar-refractivity contribution in [1.29, 1.82) is 0 Å². The lowest BCUT2D eigenvalue weighted by Gasteiger charge is -2.35. The van der Waals surface area contributed by atoms with Crippen molar-refractivity contribution in [3.63, 3.8) is 0 Å². The first-order valence-electron chi connectivity index (χ1n) is 9.42. The molecule has 7 heteroatoms. The molecule has 1 aliphatic heterocycles. The Bertz CT molecular complexity index is 713. The molecule has 0 bridgehead atoms. The minimum Gasteiger partial charge on any atom is -0.373 e. The van der Waals surface area contributed by atoms with Gasteiger partial charge in [-0.2, -0.15) is 0 Å². The van der Waals surface area contributed by atoms with Crippen molar-refractivity contribution in [1.82, 2.24) is 15.1 Å². The van der Waals surface area contributed by atoms with E-state index in [1.165, 1.54) is 0 Å². The first-order chi connectivity index (χ1) is 13.1. The molecule has 0 saturated carbocycles. The Hall–Kier alpha value is -2.51. The maximum atomic E-state index is 12.2. The maximum absolute atomic E-state index is 12.2. The molecule has 27 heavy (non-hydrogen) atoms. The number of para-hydroxylation sites is 1. The summed E-state index contributed by atoms with van der Waals surface area (Å²) in [5.74, 6) is 0.408. The number of benzene rings is 1. The van der Waals surface area contributed by atoms with Crippen LogP contribution in [-0.2, 0) is 4.74 Å². The molecule has 1 aromatic heterocycles. The number of ether oxygens (including phenoxy) is 1. The molecule has 1 aliphatic rings. The number of hydrogen-bond acceptors (Lipinski definition) is 6. The van der Waals surface area contributed by atoms with Crippen LogP contribution in [0.25, 0.3) is 0 Å². The van der Waals surface area contributed by atoms with Crippen LogP contribution in [0.15, 0.2) is 42.5 Å². The second-order valence-corrected chi connectivity index (χ2v) is 6.92. The zero-order valence-electron chi connectivity index (χ0n) is 15.9. The number of hydrogen-bond donors (Lipinski definition) is 2. The lowest BCUT2D eigenvalue weighted by Crippen LogP contribution is -2.45. The van der Waals surface area contributed by atoms with Crippen molar-refractivity contribution in [3.05, 3.63) is 48.2 Å². The molecule has 1 amide bonds. The van der Waals surface area contributed by atoms with E-state index in [0.29, 0.717) is 23.7 Å². The smallest absolute Gasteiger partial charge is 0.276 e. The normalized spacial score (nSPS) is 20.2. The molecule has 0 spiro atoms. The SMILES string of the molecule is CC1CN(CCCNc2ccc(C(=O)Nc3ccccc3)nn2)CC(C)O1. The number of amides is 1. The Morgan fingerprint density at radius 1 is 1.11 bits per heavy atom. The zero-order valence-corrected chi connectivity index (χ0v) is 15.9. The number of anilines is 2. The average molecular weight is 369 g/mol. The van der Waals surface area contributed by atoms with E-state index in [1.807, 2.05) is 30.3 Å². The number of carbonyl (C=O) groups is 1. The monoisotopic (exact) mass is 369 g/mol. The van der Waals surface area contributed by atoms with E-state index in [1.54, 1.807) is 12.1 Å². The van der Waals surface area contributed by atoms with Gasteiger partial charge in [-0.1, -0.05) is 18.2 Å². The van der Waals surface area contributed by atoms with Gasteiger partial charge in [-0.3, -0.25) is 9.69 Å². The van der Waals surface area contributed by atoms with Crippen LogP contribution >= 0.6 is 0 Å². The standard InChI is InChI=1S/C20H27N5O2/c1-15-13-25(14-16(2)27-15)12-6-11-21-19-10-9-18(23-24-19)20(26)22-17-7-4-3-5-8-17/h3-5,7-10,15-16H,6,11-14H2,1-2H3,(H,21,24)(H,22,26). The summed E-state index contributed by atoms with van der Waals surface area (Å²) in [5.41, 5.74) is 1.03. The molecule has 3 rings (SSSR count). The highest BCUT2D eigenvalue weighted by atomic mass is 16.5. The second-order valence-electron chi connectivity index (χ2n) is 6.92. The van der Waals surface area contributed by atoms with Crippen molar-refractivity contribution >= 4 is 17.4 Å². The van der Waals surface area contributed by atoms with Crippen LogP contribution in [0, 0.1) is 0 Å². The third-order valence-corrected chi connectivity index (χ3v) is 4.38. The molecule has 2 atom stereocenters. The Morgan fingerprint density at radius 3 is 2.52 bits per heavy atom. The highest BCUT2D eigenvalue weighted by Crippen LogP contribution is 2.11. The van der Waals surface area contributed by atoms with E-state index in [2.05, 4.69) is 39.6 Å². The van der Waals surface area contributed by atoms with Gasteiger partial charge in [0, 0.05) is 31.9 Å². The van der Waals surface area contributed by atoms with Crippen LogP contribution in [0.2, 0.25) is 0 Å². The fraction of sp³-hybridized carbons (Fsp3) is 0.450. The van der Waals surface area contributed by atoms with Crippen LogP contribution in [0.3, 0.4) is 0 Å². The molecule has 2 N–H and O–H groups in total. The number of carbonyl (C=O) groups excluding carboxylic acids is 1. The van der Waals surface area contributed by atoms with Gasteiger partial charge in [0.05, 0.1) is 12.2 Å². The van der Waals surface area contributed by atoms with Crippen molar-refractivity contribution in [2.24, 2.45) is 0 Å². The largest absolute Gasteiger partial charge is 0.373 e. The van der Waals surface area contributed by atoms with Crippen molar-refractivity contribution in [2.75, 3.05) is 36.8 Å². The second kappa shape index (κ2) is 9.43. The minimum atomic E-state index is -0.268. The third kappa shape index (κ3) is 6.01. The van der Waals surface area contributed by atoms with Crippen LogP contribution in [0.1, 0.15) is 30.8 Å². The molecule has 0 aliphatic carbocycles. The molecule has 1 saturated heterocycles. The van der Waals surface area contributed by atoms with E-state index in [0.717, 1.165) is 38.3 Å². The predicted octanol–water partition coefficient (Wildman–Crippen LogP) is 2.64. The van der Waals surface area contributed by atoms with Crippen LogP contribution in [-0.4, -0.2) is 59.4 Å². The third-order valence-electron chi connectivity index (χ3n) is 4.38. The van der Waals surface area contributed by atoms with Crippen LogP contribution in [0.4, 0.5) is 11.5 Å². The first kappa shape index (κ1) is 19.3. The Balaban J connectivity index is 1.40. The van der Waals surface area contributed by atoms with Gasteiger partial charge < -0.3 is 15.4 Å². The van der Waals surface area contributed by atoms with Gasteiger partial charge in [-0.25, -0.2) is 0 Å². The zero-order chi connectivity index (χ0) is 19.1. The summed E-state index contributed by atoms with van der Waals surface area (Å²) in [6.07, 6.45) is 1.60. The summed E-state index contributed by atoms with van der Waals surface area (Å²) < 4.78 is 5.75. The highest BCUT2D eigenvalue weighted by molar-refractivity contribution is 6.02. The predicted molar refractivity (Wildman–Crippen MR) is 106 cm³/mol. The summed E-state index contributed by atoms with van der Waals surface area (Å²) in [7, 11) is 0. The fourth-order valence-electron chi connectivity index (χ4n) is 3.25. The van der Waals surface area contributed by atoms with Gasteiger partial charge in [-0.15, -0.1) is 10.2 Å². The molecule has 144 valence electrons. The summed E-state index contributed by atoms with van der Waals surface area (Å²) in [6, 6.07) is 12.8. The Labute approximate surface area is 160 Å². The number of rotatable bonds is 7. The number of nitrogens with zero attached hydrogens (tertiary/aromatic N) is 3. The molecule has 2 unspecified atom stereocenters. The first-order valence-corrected chi connectivity index (χ1v) is 9.42. The van der Waals surface area contributed by atoms with E-state index in [4.69, 9.17) is 4.74 Å². The topological polar surface area (TPSA) is 79.4 Å². The summed E-state index contributed by atoms with van der Waals surface area (Å²) in [4.78, 5) is 14.6. The highest BCUT2D eigenvalue weighted by Gasteiger charge is 2.21. The van der Waals surface area contributed by atoms with E-state index < -0.39 is 0 Å². The van der Waals surface area contributed by atoms with E-state index in [9.17, 15) is 4.79 Å². The number of morpholine rings is 1. The van der Waals surface area contributed by atoms with Gasteiger partial charge in [-0.05, 0) is 44.5 Å². The molecular formula is C20H27N5O2. The van der Waals surface area contributed by atoms with Crippen LogP contribution < -0.4 is 10.6 Å². The summed E-state index contributed by atoms with van der Waals surface area (Å²) >= 11 is 0. The molecule has 1 fully saturated rings. The molecule has 7 nitrogen and oxygen atoms in total. The summed E-state index contributed by atoms with van der Waals surface area (Å²) in [5, 5.41) is 14.2. The quantitative estimate of drug-likeness (QED) is 0.731. The fourth-order valence-corrected chi connectivity index (χ4v) is 3.25. The van der Waals surface area contributed by atoms with Crippen LogP contribution in [0.5, 0.6) is 0 Å². The van der Waals surface area contributed by atoms with Gasteiger partial charge in [0.25, 0.3) is 5.91 Å². The molecule has 2 heterocycles. The molecule has 1 aromatic carbocycles. The van der Waals surface area contributed by atoms with Gasteiger partial charge >= 0.3 is 0 Å². The Morgan fingerprint density at radius 2 is 1.85 bits per heavy atom. The van der Waals surface area contributed by atoms with E-state index in [-0.39, 0.29) is 5.91 Å². The van der Waals surface area contributed by atoms with Gasteiger partial charge in [0.2, 0.25) is 0 Å². The lowest BCUT2D eigenvalue weighted by atomic mass is 10.2. The number of nitrogens with one attached hydrogen (secondary N) is 2. The average Bonchev–Trinajstić information content (AvgIpc) is 2.66. The van der Waals surface area contributed by atoms with Gasteiger partial charge in [0.1, 0.15) is 5.82 Å². The minimum absolute atomic E-state index is 0.268. The van der Waals surface area contributed by atoms with Crippen molar-refractivity contribution in [3.8, 4) is 0 Å². The molecular weight excluding hydrogens is 342 g/mol. The maximum Gasteiger partial charge on any atom is 0.276 e. The van der Waals surface area contributed by atoms with E-state index >= 15 is 0 Å².